The number of esters is 1. The van der Waals surface area contributed by atoms with Gasteiger partial charge in [0.2, 0.25) is 5.91 Å². The van der Waals surface area contributed by atoms with Crippen molar-refractivity contribution >= 4 is 11.9 Å². The molecule has 1 amide bonds. The Hall–Kier alpha value is -1.66. The first kappa shape index (κ1) is 72.3. The molecule has 0 bridgehead atoms. The Morgan fingerprint density at radius 2 is 0.635 bits per heavy atom. The maximum Gasteiger partial charge on any atom is 0.305 e. The van der Waals surface area contributed by atoms with Crippen LogP contribution in [0.25, 0.3) is 0 Å². The fourth-order valence-electron chi connectivity index (χ4n) is 10.6. The number of unbranched alkanes of at least 4 members (excludes halogenated alkanes) is 48. The zero-order valence-corrected chi connectivity index (χ0v) is 50.1. The number of amides is 1. The van der Waals surface area contributed by atoms with Gasteiger partial charge in [0.25, 0.3) is 0 Å². The maximum atomic E-state index is 12.5. The second-order valence-corrected chi connectivity index (χ2v) is 23.1. The van der Waals surface area contributed by atoms with Crippen molar-refractivity contribution in [1.29, 1.82) is 0 Å². The second kappa shape index (κ2) is 63.9. The van der Waals surface area contributed by atoms with Gasteiger partial charge >= 0.3 is 5.97 Å². The Kier molecular flexibility index (Phi) is 62.4. The van der Waals surface area contributed by atoms with E-state index in [1.807, 2.05) is 0 Å². The van der Waals surface area contributed by atoms with Crippen molar-refractivity contribution in [2.75, 3.05) is 13.2 Å². The molecule has 0 aliphatic carbocycles. The van der Waals surface area contributed by atoms with Gasteiger partial charge in [-0.15, -0.1) is 0 Å². The van der Waals surface area contributed by atoms with Gasteiger partial charge in [-0.2, -0.15) is 0 Å². The van der Waals surface area contributed by atoms with E-state index in [1.165, 1.54) is 295 Å². The predicted molar refractivity (Wildman–Crippen MR) is 324 cm³/mol. The highest BCUT2D eigenvalue weighted by molar-refractivity contribution is 5.76. The lowest BCUT2D eigenvalue weighted by Gasteiger charge is -2.22. The minimum Gasteiger partial charge on any atom is -0.466 e. The number of nitrogens with one attached hydrogen (secondary N) is 1. The highest BCUT2D eigenvalue weighted by Crippen LogP contribution is 2.18. The van der Waals surface area contributed by atoms with Gasteiger partial charge in [-0.05, 0) is 77.0 Å². The number of ether oxygens (including phenoxy) is 1. The van der Waals surface area contributed by atoms with Crippen LogP contribution in [-0.2, 0) is 14.3 Å². The number of rotatable bonds is 63. The summed E-state index contributed by atoms with van der Waals surface area (Å²) in [4.78, 5) is 24.6. The molecule has 3 N–H and O–H groups in total. The Balaban J connectivity index is 3.43. The lowest BCUT2D eigenvalue weighted by atomic mass is 10.0. The molecule has 438 valence electrons. The summed E-state index contributed by atoms with van der Waals surface area (Å²) < 4.78 is 5.48. The van der Waals surface area contributed by atoms with Crippen molar-refractivity contribution in [3.63, 3.8) is 0 Å². The van der Waals surface area contributed by atoms with Crippen molar-refractivity contribution in [2.24, 2.45) is 0 Å². The number of allylic oxidation sites excluding steroid dienone is 4. The quantitative estimate of drug-likeness (QED) is 0.0320. The highest BCUT2D eigenvalue weighted by atomic mass is 16.5. The predicted octanol–water partition coefficient (Wildman–Crippen LogP) is 21.4. The van der Waals surface area contributed by atoms with Gasteiger partial charge in [0.1, 0.15) is 0 Å². The summed E-state index contributed by atoms with van der Waals surface area (Å²) in [6.07, 6.45) is 79.2. The molecule has 0 aliphatic heterocycles. The standard InChI is InChI=1S/C68H131NO5/c1-3-5-7-9-11-13-15-17-19-20-21-22-23-24-27-30-33-36-40-44-48-52-56-60-66(71)65(64-70)69-67(72)61-57-53-49-45-41-37-34-31-28-25-26-29-32-35-39-43-47-51-55-59-63-74-68(73)62-58-54-50-46-42-38-18-16-14-12-10-8-6-4-2/h16,18,25,28,65-66,70-71H,3-15,17,19-24,26-27,29-64H2,1-2H3,(H,69,72)/b18-16-,28-25-. The van der Waals surface area contributed by atoms with Crippen LogP contribution in [0.3, 0.4) is 0 Å². The number of carbonyl (C=O) groups is 2. The van der Waals surface area contributed by atoms with Gasteiger partial charge in [-0.25, -0.2) is 0 Å². The summed E-state index contributed by atoms with van der Waals surface area (Å²) in [5.41, 5.74) is 0. The van der Waals surface area contributed by atoms with E-state index in [9.17, 15) is 19.8 Å². The van der Waals surface area contributed by atoms with E-state index in [0.717, 1.165) is 44.9 Å². The molecule has 6 nitrogen and oxygen atoms in total. The van der Waals surface area contributed by atoms with Crippen LogP contribution < -0.4 is 5.32 Å². The fourth-order valence-corrected chi connectivity index (χ4v) is 10.6. The van der Waals surface area contributed by atoms with Gasteiger partial charge in [0.05, 0.1) is 25.4 Å². The molecular formula is C68H131NO5. The van der Waals surface area contributed by atoms with Crippen molar-refractivity contribution in [3.8, 4) is 0 Å². The van der Waals surface area contributed by atoms with E-state index in [0.29, 0.717) is 25.9 Å². The van der Waals surface area contributed by atoms with Gasteiger partial charge in [-0.1, -0.05) is 308 Å². The van der Waals surface area contributed by atoms with Crippen LogP contribution in [0, 0.1) is 0 Å². The first-order chi connectivity index (χ1) is 36.5. The van der Waals surface area contributed by atoms with Crippen molar-refractivity contribution < 1.29 is 24.5 Å². The molecular weight excluding hydrogens is 911 g/mol. The van der Waals surface area contributed by atoms with Crippen LogP contribution in [0.2, 0.25) is 0 Å². The van der Waals surface area contributed by atoms with E-state index in [1.54, 1.807) is 0 Å². The van der Waals surface area contributed by atoms with Crippen LogP contribution >= 0.6 is 0 Å². The van der Waals surface area contributed by atoms with E-state index in [-0.39, 0.29) is 18.5 Å². The van der Waals surface area contributed by atoms with Crippen molar-refractivity contribution in [1.82, 2.24) is 5.32 Å². The van der Waals surface area contributed by atoms with E-state index >= 15 is 0 Å². The first-order valence-electron chi connectivity index (χ1n) is 33.6. The van der Waals surface area contributed by atoms with Gasteiger partial charge in [0.15, 0.2) is 0 Å². The Morgan fingerprint density at radius 3 is 0.959 bits per heavy atom. The third-order valence-electron chi connectivity index (χ3n) is 15.7. The Morgan fingerprint density at radius 1 is 0.365 bits per heavy atom. The average Bonchev–Trinajstić information content (AvgIpc) is 3.40. The van der Waals surface area contributed by atoms with Gasteiger partial charge in [0, 0.05) is 12.8 Å². The number of hydrogen-bond acceptors (Lipinski definition) is 5. The van der Waals surface area contributed by atoms with Crippen molar-refractivity contribution in [2.45, 2.75) is 386 Å². The van der Waals surface area contributed by atoms with E-state index in [4.69, 9.17) is 4.74 Å². The van der Waals surface area contributed by atoms with Gasteiger partial charge < -0.3 is 20.3 Å². The molecule has 2 atom stereocenters. The van der Waals surface area contributed by atoms with Crippen LogP contribution in [0.4, 0.5) is 0 Å². The Bertz CT molecular complexity index is 1150. The molecule has 0 heterocycles. The number of aliphatic hydroxyl groups is 2. The third-order valence-corrected chi connectivity index (χ3v) is 15.7. The van der Waals surface area contributed by atoms with E-state index in [2.05, 4.69) is 43.5 Å². The zero-order chi connectivity index (χ0) is 53.6. The molecule has 0 spiro atoms. The largest absolute Gasteiger partial charge is 0.466 e. The lowest BCUT2D eigenvalue weighted by molar-refractivity contribution is -0.143. The highest BCUT2D eigenvalue weighted by Gasteiger charge is 2.20. The minimum atomic E-state index is -0.671. The minimum absolute atomic E-state index is 0.00147. The molecule has 74 heavy (non-hydrogen) atoms. The SMILES string of the molecule is CCCCCCC/C=C\CCCCCCCC(=O)OCCCCCCCCCCC/C=C\CCCCCCCCCC(=O)NC(CO)C(O)CCCCCCCCCCCCCCCCCCCCCCCCC. The van der Waals surface area contributed by atoms with Crippen LogP contribution in [-0.4, -0.2) is 47.4 Å². The van der Waals surface area contributed by atoms with Crippen LogP contribution in [0.5, 0.6) is 0 Å². The lowest BCUT2D eigenvalue weighted by Crippen LogP contribution is -2.45. The monoisotopic (exact) mass is 1040 g/mol. The smallest absolute Gasteiger partial charge is 0.305 e. The van der Waals surface area contributed by atoms with Crippen LogP contribution in [0.15, 0.2) is 24.3 Å². The molecule has 0 rings (SSSR count). The van der Waals surface area contributed by atoms with Crippen molar-refractivity contribution in [3.05, 3.63) is 24.3 Å². The molecule has 0 saturated heterocycles. The summed E-state index contributed by atoms with van der Waals surface area (Å²) in [5.74, 6) is -0.0412. The molecule has 0 aliphatic rings. The summed E-state index contributed by atoms with van der Waals surface area (Å²) >= 11 is 0. The molecule has 6 heteroatoms. The Labute approximate surface area is 462 Å². The summed E-state index contributed by atoms with van der Waals surface area (Å²) in [5, 5.41) is 23.4. The zero-order valence-electron chi connectivity index (χ0n) is 50.1. The number of aliphatic hydroxyl groups excluding tert-OH is 2. The molecule has 0 fully saturated rings. The van der Waals surface area contributed by atoms with Gasteiger partial charge in [-0.3, -0.25) is 9.59 Å². The molecule has 0 aromatic carbocycles. The normalized spacial score (nSPS) is 12.6. The average molecular weight is 1040 g/mol. The summed E-state index contributed by atoms with van der Waals surface area (Å²) in [6.45, 7) is 4.96. The summed E-state index contributed by atoms with van der Waals surface area (Å²) in [6, 6.07) is -0.549. The number of carbonyl (C=O) groups excluding carboxylic acids is 2. The molecule has 0 aromatic heterocycles. The molecule has 2 unspecified atom stereocenters. The number of hydrogen-bond donors (Lipinski definition) is 3. The van der Waals surface area contributed by atoms with Crippen LogP contribution in [0.1, 0.15) is 373 Å². The molecule has 0 aromatic rings. The first-order valence-corrected chi connectivity index (χ1v) is 33.6. The van der Waals surface area contributed by atoms with E-state index < -0.39 is 12.1 Å². The second-order valence-electron chi connectivity index (χ2n) is 23.1. The summed E-state index contributed by atoms with van der Waals surface area (Å²) in [7, 11) is 0. The topological polar surface area (TPSA) is 95.9 Å². The fraction of sp³-hybridized carbons (Fsp3) is 0.912. The maximum absolute atomic E-state index is 12.5. The third kappa shape index (κ3) is 59.6. The molecule has 0 saturated carbocycles. The molecule has 0 radical (unpaired) electrons.